The molecule has 1 aliphatic heterocycles. The molecule has 1 aromatic heterocycles. The van der Waals surface area contributed by atoms with Gasteiger partial charge in [0.05, 0.1) is 21.6 Å². The minimum atomic E-state index is -0.990. The van der Waals surface area contributed by atoms with Gasteiger partial charge in [-0.25, -0.2) is 24.2 Å². The topological polar surface area (TPSA) is 124 Å². The number of halogens is 2. The molecule has 2 N–H and O–H groups in total. The van der Waals surface area contributed by atoms with E-state index in [9.17, 15) is 19.2 Å². The Morgan fingerprint density at radius 1 is 1.05 bits per heavy atom. The zero-order valence-electron chi connectivity index (χ0n) is 23.7. The number of ether oxygens (including phenoxy) is 2. The second-order valence-corrected chi connectivity index (χ2v) is 12.8. The Morgan fingerprint density at radius 2 is 1.68 bits per heavy atom. The first-order chi connectivity index (χ1) is 18.6. The number of hydrogen-bond donors (Lipinski definition) is 2. The van der Waals surface area contributed by atoms with Crippen LogP contribution in [0.2, 0.25) is 5.02 Å². The number of carbonyl (C=O) groups excluding carboxylic acids is 2. The number of nitrogens with zero attached hydrogens (tertiary/aromatic N) is 3. The van der Waals surface area contributed by atoms with Gasteiger partial charge in [-0.2, -0.15) is 4.68 Å². The van der Waals surface area contributed by atoms with Crippen LogP contribution < -0.4 is 26.9 Å². The van der Waals surface area contributed by atoms with Crippen LogP contribution >= 0.6 is 11.6 Å². The fourth-order valence-corrected chi connectivity index (χ4v) is 5.24. The molecule has 1 aliphatic carbocycles. The van der Waals surface area contributed by atoms with Crippen molar-refractivity contribution in [1.82, 2.24) is 14.6 Å². The summed E-state index contributed by atoms with van der Waals surface area (Å²) in [6, 6.07) is 0.817. The van der Waals surface area contributed by atoms with Crippen LogP contribution in [0, 0.1) is 11.7 Å². The highest BCUT2D eigenvalue weighted by atomic mass is 35.5. The highest BCUT2D eigenvalue weighted by Gasteiger charge is 2.33. The third-order valence-electron chi connectivity index (χ3n) is 6.52. The Kier molecular flexibility index (Phi) is 8.13. The SMILES string of the molecule is CC(C)(C)OC(=O)NCC1CCCN(c2c(F)cc3c(=O)n(NC(=O)OC(C)(C)C)c(=O)n(C4CC4)c3c2Cl)C1. The van der Waals surface area contributed by atoms with Gasteiger partial charge in [-0.3, -0.25) is 9.36 Å². The maximum Gasteiger partial charge on any atom is 0.427 e. The Balaban J connectivity index is 1.68. The third-order valence-corrected chi connectivity index (χ3v) is 6.88. The van der Waals surface area contributed by atoms with Crippen LogP contribution in [0.15, 0.2) is 15.7 Å². The quantitative estimate of drug-likeness (QED) is 0.532. The molecule has 220 valence electrons. The molecule has 2 heterocycles. The van der Waals surface area contributed by atoms with E-state index in [0.717, 1.165) is 18.9 Å². The Bertz CT molecular complexity index is 1440. The molecule has 0 spiro atoms. The molecule has 1 unspecified atom stereocenters. The summed E-state index contributed by atoms with van der Waals surface area (Å²) in [5, 5.41) is 2.60. The summed E-state index contributed by atoms with van der Waals surface area (Å²) in [5.74, 6) is -0.718. The van der Waals surface area contributed by atoms with Crippen molar-refractivity contribution in [2.24, 2.45) is 5.92 Å². The molecule has 1 atom stereocenters. The lowest BCUT2D eigenvalue weighted by Gasteiger charge is -2.35. The lowest BCUT2D eigenvalue weighted by atomic mass is 9.97. The van der Waals surface area contributed by atoms with Gasteiger partial charge in [0, 0.05) is 25.7 Å². The highest BCUT2D eigenvalue weighted by Crippen LogP contribution is 2.41. The van der Waals surface area contributed by atoms with E-state index in [1.165, 1.54) is 4.57 Å². The van der Waals surface area contributed by atoms with Crippen LogP contribution in [0.1, 0.15) is 73.3 Å². The summed E-state index contributed by atoms with van der Waals surface area (Å²) in [6.45, 7) is 11.5. The van der Waals surface area contributed by atoms with E-state index in [2.05, 4.69) is 10.7 Å². The van der Waals surface area contributed by atoms with Crippen LogP contribution in [-0.4, -0.2) is 52.3 Å². The molecule has 1 aromatic carbocycles. The number of fused-ring (bicyclic) bond motifs is 1. The number of aromatic nitrogens is 2. The van der Waals surface area contributed by atoms with E-state index >= 15 is 4.39 Å². The van der Waals surface area contributed by atoms with Crippen molar-refractivity contribution in [2.75, 3.05) is 30.0 Å². The lowest BCUT2D eigenvalue weighted by Crippen LogP contribution is -2.48. The molecule has 13 heteroatoms. The van der Waals surface area contributed by atoms with Gasteiger partial charge in [0.25, 0.3) is 5.56 Å². The van der Waals surface area contributed by atoms with Gasteiger partial charge in [0.1, 0.15) is 17.0 Å². The molecule has 1 saturated carbocycles. The molecule has 2 aromatic rings. The molecule has 11 nitrogen and oxygen atoms in total. The first-order valence-corrected chi connectivity index (χ1v) is 13.8. The van der Waals surface area contributed by atoms with Crippen molar-refractivity contribution in [2.45, 2.75) is 84.5 Å². The average molecular weight is 582 g/mol. The maximum absolute atomic E-state index is 15.7. The molecular formula is C27H37ClFN5O6. The van der Waals surface area contributed by atoms with Crippen molar-refractivity contribution in [3.05, 3.63) is 37.7 Å². The summed E-state index contributed by atoms with van der Waals surface area (Å²) >= 11 is 6.80. The Morgan fingerprint density at radius 3 is 2.27 bits per heavy atom. The van der Waals surface area contributed by atoms with E-state index in [-0.39, 0.29) is 33.6 Å². The first kappa shape index (κ1) is 29.7. The van der Waals surface area contributed by atoms with E-state index < -0.39 is 40.5 Å². The second-order valence-electron chi connectivity index (χ2n) is 12.4. The number of alkyl carbamates (subject to hydrolysis) is 1. The second kappa shape index (κ2) is 10.9. The van der Waals surface area contributed by atoms with E-state index in [0.29, 0.717) is 37.2 Å². The first-order valence-electron chi connectivity index (χ1n) is 13.5. The predicted octanol–water partition coefficient (Wildman–Crippen LogP) is 4.51. The number of rotatable bonds is 5. The van der Waals surface area contributed by atoms with Crippen molar-refractivity contribution in [1.29, 1.82) is 0 Å². The average Bonchev–Trinajstić information content (AvgIpc) is 3.65. The summed E-state index contributed by atoms with van der Waals surface area (Å²) in [4.78, 5) is 53.0. The monoisotopic (exact) mass is 581 g/mol. The molecular weight excluding hydrogens is 545 g/mol. The van der Waals surface area contributed by atoms with Gasteiger partial charge >= 0.3 is 17.9 Å². The smallest absolute Gasteiger partial charge is 0.427 e. The molecule has 0 radical (unpaired) electrons. The lowest BCUT2D eigenvalue weighted by molar-refractivity contribution is 0.0516. The highest BCUT2D eigenvalue weighted by molar-refractivity contribution is 6.38. The Labute approximate surface area is 236 Å². The summed E-state index contributed by atoms with van der Waals surface area (Å²) in [7, 11) is 0. The van der Waals surface area contributed by atoms with Gasteiger partial charge < -0.3 is 19.7 Å². The van der Waals surface area contributed by atoms with Gasteiger partial charge in [-0.1, -0.05) is 11.6 Å². The number of piperidine rings is 1. The number of hydrogen-bond acceptors (Lipinski definition) is 7. The normalized spacial score (nSPS) is 18.0. The van der Waals surface area contributed by atoms with Gasteiger partial charge in [-0.15, -0.1) is 0 Å². The van der Waals surface area contributed by atoms with Crippen LogP contribution in [-0.2, 0) is 9.47 Å². The summed E-state index contributed by atoms with van der Waals surface area (Å²) in [5.41, 5.74) is -0.752. The zero-order chi connectivity index (χ0) is 29.6. The third kappa shape index (κ3) is 6.71. The molecule has 2 fully saturated rings. The fraction of sp³-hybridized carbons (Fsp3) is 0.630. The number of anilines is 1. The maximum atomic E-state index is 15.7. The standard InChI is InChI=1S/C27H37ClFN5O6/c1-26(2,3)39-23(36)30-13-15-8-7-11-32(14-15)21-18(29)12-17-20(19(21)28)33(16-9-10-16)25(38)34(22(17)35)31-24(37)40-27(4,5)6/h12,15-16H,7-11,13-14H2,1-6H3,(H,30,36)(H,31,37). The molecule has 4 rings (SSSR count). The fourth-order valence-electron chi connectivity index (χ4n) is 4.84. The van der Waals surface area contributed by atoms with Crippen molar-refractivity contribution in [3.8, 4) is 0 Å². The molecule has 1 saturated heterocycles. The molecule has 0 bridgehead atoms. The Hall–Kier alpha value is -3.28. The largest absolute Gasteiger partial charge is 0.444 e. The minimum absolute atomic E-state index is 0.00378. The number of amides is 2. The summed E-state index contributed by atoms with van der Waals surface area (Å²) < 4.78 is 28.1. The van der Waals surface area contributed by atoms with Crippen LogP contribution in [0.25, 0.3) is 10.9 Å². The minimum Gasteiger partial charge on any atom is -0.444 e. The number of benzene rings is 1. The van der Waals surface area contributed by atoms with Gasteiger partial charge in [0.15, 0.2) is 0 Å². The van der Waals surface area contributed by atoms with E-state index in [1.807, 2.05) is 0 Å². The van der Waals surface area contributed by atoms with Crippen LogP contribution in [0.5, 0.6) is 0 Å². The summed E-state index contributed by atoms with van der Waals surface area (Å²) in [6.07, 6.45) is 1.37. The predicted molar refractivity (Wildman–Crippen MR) is 150 cm³/mol. The van der Waals surface area contributed by atoms with Crippen molar-refractivity contribution >= 4 is 40.4 Å². The van der Waals surface area contributed by atoms with E-state index in [1.54, 1.807) is 46.4 Å². The molecule has 2 aliphatic rings. The van der Waals surface area contributed by atoms with Crippen molar-refractivity contribution < 1.29 is 23.5 Å². The number of nitrogens with one attached hydrogen (secondary N) is 2. The van der Waals surface area contributed by atoms with Gasteiger partial charge in [-0.05, 0) is 79.2 Å². The van der Waals surface area contributed by atoms with Gasteiger partial charge in [0.2, 0.25) is 0 Å². The molecule has 2 amide bonds. The van der Waals surface area contributed by atoms with Crippen molar-refractivity contribution in [3.63, 3.8) is 0 Å². The van der Waals surface area contributed by atoms with Crippen LogP contribution in [0.4, 0.5) is 19.7 Å². The van der Waals surface area contributed by atoms with Crippen LogP contribution in [0.3, 0.4) is 0 Å². The zero-order valence-corrected chi connectivity index (χ0v) is 24.5. The number of carbonyl (C=O) groups is 2. The van der Waals surface area contributed by atoms with E-state index in [4.69, 9.17) is 21.1 Å². The molecule has 40 heavy (non-hydrogen) atoms.